The quantitative estimate of drug-likeness (QED) is 0.268. The van der Waals surface area contributed by atoms with Gasteiger partial charge >= 0.3 is 6.03 Å². The van der Waals surface area contributed by atoms with E-state index in [9.17, 15) is 9.59 Å². The Hall–Kier alpha value is -4.50. The van der Waals surface area contributed by atoms with Crippen LogP contribution < -0.4 is 20.3 Å². The molecule has 2 unspecified atom stereocenters. The Morgan fingerprint density at radius 2 is 1.69 bits per heavy atom. The summed E-state index contributed by atoms with van der Waals surface area (Å²) in [7, 11) is 5.58. The van der Waals surface area contributed by atoms with Crippen LogP contribution in [0, 0.1) is 0 Å². The maximum absolute atomic E-state index is 14.0. The number of ether oxygens (including phenoxy) is 1. The lowest BCUT2D eigenvalue weighted by atomic mass is 9.92. The first-order chi connectivity index (χ1) is 20.3. The Bertz CT molecular complexity index is 1510. The molecule has 1 aromatic heterocycles. The summed E-state index contributed by atoms with van der Waals surface area (Å²) in [5.41, 5.74) is 4.71. The maximum atomic E-state index is 14.0. The van der Waals surface area contributed by atoms with Crippen LogP contribution in [0.3, 0.4) is 0 Å². The number of hydrogen-bond donors (Lipinski definition) is 3. The summed E-state index contributed by atoms with van der Waals surface area (Å²) in [6.07, 6.45) is 1.93. The number of benzene rings is 3. The molecule has 0 spiro atoms. The van der Waals surface area contributed by atoms with E-state index in [0.717, 1.165) is 40.8 Å². The molecule has 3 amide bonds. The molecule has 3 N–H and O–H groups in total. The van der Waals surface area contributed by atoms with Crippen molar-refractivity contribution in [3.63, 3.8) is 0 Å². The molecule has 3 aromatic carbocycles. The predicted molar refractivity (Wildman–Crippen MR) is 168 cm³/mol. The molecule has 0 radical (unpaired) electrons. The molecule has 2 atom stereocenters. The van der Waals surface area contributed by atoms with Crippen molar-refractivity contribution in [3.8, 4) is 5.75 Å². The molecule has 1 aliphatic heterocycles. The monoisotopic (exact) mass is 568 g/mol. The predicted octanol–water partition coefficient (Wildman–Crippen LogP) is 4.88. The Balaban J connectivity index is 1.37. The molecule has 1 aliphatic rings. The number of fused-ring (bicyclic) bond motifs is 1. The van der Waals surface area contributed by atoms with E-state index in [-0.39, 0.29) is 17.9 Å². The highest BCUT2D eigenvalue weighted by molar-refractivity contribution is 5.99. The van der Waals surface area contributed by atoms with Crippen LogP contribution in [0.15, 0.2) is 79.0 Å². The molecule has 0 bridgehead atoms. The second-order valence-electron chi connectivity index (χ2n) is 11.1. The standard InChI is InChI=1S/C33H40N6O3/c1-23(27-21-34-28-13-9-8-12-26(27)28)31(32(40)35-29-20-24(22-37(2)3)14-15-30(29)42-4)36-33(41)39-18-16-38(17-19-39)25-10-6-5-7-11-25/h5-15,20-21,23,31,34H,16-19,22H2,1-4H3,(H,35,40)(H,36,41). The lowest BCUT2D eigenvalue weighted by molar-refractivity contribution is -0.118. The van der Waals surface area contributed by atoms with Crippen LogP contribution in [0.5, 0.6) is 5.75 Å². The zero-order valence-electron chi connectivity index (χ0n) is 24.8. The molecule has 9 heteroatoms. The van der Waals surface area contributed by atoms with Crippen molar-refractivity contribution in [3.05, 3.63) is 90.1 Å². The third-order valence-corrected chi connectivity index (χ3v) is 7.88. The molecule has 1 saturated heterocycles. The Morgan fingerprint density at radius 3 is 2.40 bits per heavy atom. The second kappa shape index (κ2) is 13.0. The molecule has 0 saturated carbocycles. The number of hydrogen-bond acceptors (Lipinski definition) is 5. The van der Waals surface area contributed by atoms with Crippen molar-refractivity contribution in [1.29, 1.82) is 0 Å². The van der Waals surface area contributed by atoms with E-state index in [1.807, 2.05) is 87.9 Å². The van der Waals surface area contributed by atoms with Gasteiger partial charge in [0.2, 0.25) is 5.91 Å². The number of urea groups is 1. The van der Waals surface area contributed by atoms with E-state index in [4.69, 9.17) is 4.74 Å². The van der Waals surface area contributed by atoms with Crippen LogP contribution >= 0.6 is 0 Å². The molecule has 1 fully saturated rings. The molecular weight excluding hydrogens is 528 g/mol. The zero-order chi connectivity index (χ0) is 29.6. The number of H-pyrrole nitrogens is 1. The van der Waals surface area contributed by atoms with Gasteiger partial charge in [-0.3, -0.25) is 4.79 Å². The number of amides is 3. The highest BCUT2D eigenvalue weighted by Crippen LogP contribution is 2.31. The molecular formula is C33H40N6O3. The number of para-hydroxylation sites is 2. The topological polar surface area (TPSA) is 92.9 Å². The third kappa shape index (κ3) is 6.52. The Labute approximate surface area is 247 Å². The minimum Gasteiger partial charge on any atom is -0.495 e. The smallest absolute Gasteiger partial charge is 0.318 e. The van der Waals surface area contributed by atoms with Crippen molar-refractivity contribution in [1.82, 2.24) is 20.1 Å². The van der Waals surface area contributed by atoms with Crippen LogP contribution in [-0.2, 0) is 11.3 Å². The van der Waals surface area contributed by atoms with E-state index in [0.29, 0.717) is 31.1 Å². The summed E-state index contributed by atoms with van der Waals surface area (Å²) in [5.74, 6) is -0.0521. The maximum Gasteiger partial charge on any atom is 0.318 e. The number of aromatic amines is 1. The number of rotatable bonds is 9. The number of nitrogens with zero attached hydrogens (tertiary/aromatic N) is 3. The van der Waals surface area contributed by atoms with Crippen LogP contribution in [0.1, 0.15) is 24.0 Å². The van der Waals surface area contributed by atoms with Crippen molar-refractivity contribution < 1.29 is 14.3 Å². The van der Waals surface area contributed by atoms with Gasteiger partial charge in [0, 0.05) is 61.4 Å². The summed E-state index contributed by atoms with van der Waals surface area (Å²) >= 11 is 0. The van der Waals surface area contributed by atoms with E-state index >= 15 is 0 Å². The van der Waals surface area contributed by atoms with Gasteiger partial charge in [0.15, 0.2) is 0 Å². The molecule has 9 nitrogen and oxygen atoms in total. The molecule has 4 aromatic rings. The number of aromatic nitrogens is 1. The highest BCUT2D eigenvalue weighted by atomic mass is 16.5. The molecule has 0 aliphatic carbocycles. The average molecular weight is 569 g/mol. The van der Waals surface area contributed by atoms with E-state index in [1.54, 1.807) is 12.0 Å². The van der Waals surface area contributed by atoms with Gasteiger partial charge in [-0.1, -0.05) is 49.4 Å². The largest absolute Gasteiger partial charge is 0.495 e. The number of nitrogens with one attached hydrogen (secondary N) is 3. The van der Waals surface area contributed by atoms with Crippen molar-refractivity contribution in [2.24, 2.45) is 0 Å². The first-order valence-electron chi connectivity index (χ1n) is 14.4. The summed E-state index contributed by atoms with van der Waals surface area (Å²) in [6, 6.07) is 22.9. The third-order valence-electron chi connectivity index (χ3n) is 7.88. The number of piperazine rings is 1. The fraction of sp³-hybridized carbons (Fsp3) is 0.333. The highest BCUT2D eigenvalue weighted by Gasteiger charge is 2.32. The molecule has 220 valence electrons. The molecule has 2 heterocycles. The van der Waals surface area contributed by atoms with Gasteiger partial charge in [-0.25, -0.2) is 4.79 Å². The lowest BCUT2D eigenvalue weighted by Crippen LogP contribution is -2.56. The number of methoxy groups -OCH3 is 1. The van der Waals surface area contributed by atoms with Crippen LogP contribution in [0.4, 0.5) is 16.2 Å². The van der Waals surface area contributed by atoms with Gasteiger partial charge in [0.1, 0.15) is 11.8 Å². The fourth-order valence-corrected chi connectivity index (χ4v) is 5.63. The number of carbonyl (C=O) groups is 2. The summed E-state index contributed by atoms with van der Waals surface area (Å²) in [6.45, 7) is 5.28. The lowest BCUT2D eigenvalue weighted by Gasteiger charge is -2.37. The van der Waals surface area contributed by atoms with Gasteiger partial charge < -0.3 is 35.1 Å². The summed E-state index contributed by atoms with van der Waals surface area (Å²) < 4.78 is 5.57. The van der Waals surface area contributed by atoms with Gasteiger partial charge in [0.25, 0.3) is 0 Å². The van der Waals surface area contributed by atoms with Crippen molar-refractivity contribution in [2.45, 2.75) is 25.4 Å². The normalized spacial score (nSPS) is 15.0. The fourth-order valence-electron chi connectivity index (χ4n) is 5.63. The van der Waals surface area contributed by atoms with Crippen LogP contribution in [0.2, 0.25) is 0 Å². The first-order valence-corrected chi connectivity index (χ1v) is 14.4. The number of carbonyl (C=O) groups excluding carboxylic acids is 2. The Morgan fingerprint density at radius 1 is 0.976 bits per heavy atom. The minimum atomic E-state index is -0.828. The van der Waals surface area contributed by atoms with E-state index in [1.165, 1.54) is 0 Å². The van der Waals surface area contributed by atoms with Gasteiger partial charge in [-0.15, -0.1) is 0 Å². The van der Waals surface area contributed by atoms with Crippen molar-refractivity contribution >= 4 is 34.2 Å². The van der Waals surface area contributed by atoms with Crippen molar-refractivity contribution in [2.75, 3.05) is 57.6 Å². The minimum absolute atomic E-state index is 0.247. The molecule has 42 heavy (non-hydrogen) atoms. The van der Waals surface area contributed by atoms with Crippen LogP contribution in [-0.4, -0.2) is 80.1 Å². The zero-order valence-corrected chi connectivity index (χ0v) is 24.8. The average Bonchev–Trinajstić information content (AvgIpc) is 3.44. The first kappa shape index (κ1) is 29.0. The second-order valence-corrected chi connectivity index (χ2v) is 11.1. The van der Waals surface area contributed by atoms with Gasteiger partial charge in [-0.2, -0.15) is 0 Å². The van der Waals surface area contributed by atoms with E-state index in [2.05, 4.69) is 37.6 Å². The van der Waals surface area contributed by atoms with Crippen LogP contribution in [0.25, 0.3) is 10.9 Å². The van der Waals surface area contributed by atoms with Gasteiger partial charge in [0.05, 0.1) is 12.8 Å². The number of anilines is 2. The Kier molecular flexibility index (Phi) is 8.97. The van der Waals surface area contributed by atoms with Gasteiger partial charge in [-0.05, 0) is 55.6 Å². The summed E-state index contributed by atoms with van der Waals surface area (Å²) in [4.78, 5) is 37.1. The molecule has 5 rings (SSSR count). The van der Waals surface area contributed by atoms with E-state index < -0.39 is 6.04 Å². The summed E-state index contributed by atoms with van der Waals surface area (Å²) in [5, 5.41) is 7.19. The SMILES string of the molecule is COc1ccc(CN(C)C)cc1NC(=O)C(NC(=O)N1CCN(c2ccccc2)CC1)C(C)c1c[nH]c2ccccc12.